The van der Waals surface area contributed by atoms with Gasteiger partial charge in [-0.2, -0.15) is 0 Å². The van der Waals surface area contributed by atoms with Crippen LogP contribution < -0.4 is 5.06 Å². The molecule has 4 aromatic rings. The number of rotatable bonds is 6. The number of hydroxylamine groups is 1. The fourth-order valence-corrected chi connectivity index (χ4v) is 6.04. The van der Waals surface area contributed by atoms with Gasteiger partial charge in [0.2, 0.25) is 5.91 Å². The summed E-state index contributed by atoms with van der Waals surface area (Å²) >= 11 is 1.48. The molecule has 8 nitrogen and oxygen atoms in total. The highest BCUT2D eigenvalue weighted by molar-refractivity contribution is 7.15. The van der Waals surface area contributed by atoms with Crippen molar-refractivity contribution in [2.45, 2.75) is 18.7 Å². The van der Waals surface area contributed by atoms with E-state index in [0.717, 1.165) is 26.6 Å². The van der Waals surface area contributed by atoms with E-state index in [1.165, 1.54) is 28.4 Å². The minimum atomic E-state index is -0.911. The van der Waals surface area contributed by atoms with E-state index >= 15 is 0 Å². The standard InChI is InChI=1S/C28H21N3O5S/c32-27-24-25(23-16-15-22(37-23)19-11-13-21(14-12-19)31(34)35)30(20-9-5-2-6-10-20)36-26(24)28(33)29(27)17-18-7-3-1-4-8-18/h1-16,24-26H,17H2/t24-,25-,26+/m1/s1. The summed E-state index contributed by atoms with van der Waals surface area (Å²) in [5, 5.41) is 12.7. The Morgan fingerprint density at radius 1 is 0.838 bits per heavy atom. The van der Waals surface area contributed by atoms with Crippen molar-refractivity contribution in [2.75, 3.05) is 5.06 Å². The molecule has 2 aliphatic heterocycles. The van der Waals surface area contributed by atoms with E-state index < -0.39 is 23.0 Å². The second-order valence-electron chi connectivity index (χ2n) is 8.91. The molecule has 6 rings (SSSR count). The highest BCUT2D eigenvalue weighted by atomic mass is 32.1. The third kappa shape index (κ3) is 4.08. The Balaban J connectivity index is 1.36. The van der Waals surface area contributed by atoms with Gasteiger partial charge in [-0.05, 0) is 47.5 Å². The van der Waals surface area contributed by atoms with Crippen LogP contribution in [0.5, 0.6) is 0 Å². The predicted molar refractivity (Wildman–Crippen MR) is 138 cm³/mol. The number of benzene rings is 3. The Hall–Kier alpha value is -4.34. The van der Waals surface area contributed by atoms with E-state index in [0.29, 0.717) is 0 Å². The summed E-state index contributed by atoms with van der Waals surface area (Å²) in [6, 6.07) is 28.6. The van der Waals surface area contributed by atoms with Crippen molar-refractivity contribution in [1.29, 1.82) is 0 Å². The Bertz CT molecular complexity index is 1470. The molecule has 3 atom stereocenters. The third-order valence-electron chi connectivity index (χ3n) is 6.68. The highest BCUT2D eigenvalue weighted by Gasteiger charge is 2.60. The number of hydrogen-bond acceptors (Lipinski definition) is 7. The van der Waals surface area contributed by atoms with Gasteiger partial charge in [-0.3, -0.25) is 29.4 Å². The van der Waals surface area contributed by atoms with E-state index in [4.69, 9.17) is 4.84 Å². The zero-order valence-electron chi connectivity index (χ0n) is 19.5. The van der Waals surface area contributed by atoms with Gasteiger partial charge in [0, 0.05) is 21.9 Å². The fraction of sp³-hybridized carbons (Fsp3) is 0.143. The van der Waals surface area contributed by atoms with Crippen LogP contribution in [0.25, 0.3) is 10.4 Å². The summed E-state index contributed by atoms with van der Waals surface area (Å²) in [5.74, 6) is -1.29. The number of fused-ring (bicyclic) bond motifs is 1. The molecule has 0 spiro atoms. The van der Waals surface area contributed by atoms with Gasteiger partial charge in [0.05, 0.1) is 17.2 Å². The Morgan fingerprint density at radius 3 is 2.19 bits per heavy atom. The monoisotopic (exact) mass is 511 g/mol. The number of hydrogen-bond donors (Lipinski definition) is 0. The van der Waals surface area contributed by atoms with Crippen molar-refractivity contribution in [2.24, 2.45) is 5.92 Å². The molecule has 0 aliphatic carbocycles. The molecule has 2 fully saturated rings. The average Bonchev–Trinajstić information content (AvgIpc) is 3.62. The maximum Gasteiger partial charge on any atom is 0.269 e. The van der Waals surface area contributed by atoms with Gasteiger partial charge < -0.3 is 0 Å². The van der Waals surface area contributed by atoms with Crippen molar-refractivity contribution in [1.82, 2.24) is 4.90 Å². The molecule has 37 heavy (non-hydrogen) atoms. The molecule has 0 bridgehead atoms. The van der Waals surface area contributed by atoms with Gasteiger partial charge in [0.25, 0.3) is 11.6 Å². The Kier molecular flexibility index (Phi) is 5.78. The summed E-state index contributed by atoms with van der Waals surface area (Å²) in [7, 11) is 0. The topological polar surface area (TPSA) is 93.0 Å². The number of anilines is 1. The van der Waals surface area contributed by atoms with Crippen molar-refractivity contribution in [3.8, 4) is 10.4 Å². The van der Waals surface area contributed by atoms with E-state index in [1.807, 2.05) is 72.8 Å². The molecule has 0 unspecified atom stereocenters. The number of amides is 2. The number of nitro benzene ring substituents is 1. The summed E-state index contributed by atoms with van der Waals surface area (Å²) < 4.78 is 0. The molecule has 3 aromatic carbocycles. The smallest absolute Gasteiger partial charge is 0.269 e. The lowest BCUT2D eigenvalue weighted by atomic mass is 9.95. The summed E-state index contributed by atoms with van der Waals surface area (Å²) in [6.07, 6.45) is -0.911. The van der Waals surface area contributed by atoms with Crippen molar-refractivity contribution < 1.29 is 19.3 Å². The number of carbonyl (C=O) groups excluding carboxylic acids is 2. The normalized spacial score (nSPS) is 20.9. The SMILES string of the molecule is O=C1[C@H]2[C@H](ON(c3ccccc3)[C@@H]2c2ccc(-c3ccc([N+](=O)[O-])cc3)s2)C(=O)N1Cc1ccccc1. The van der Waals surface area contributed by atoms with Crippen LogP contribution in [0.2, 0.25) is 0 Å². The molecule has 2 amide bonds. The van der Waals surface area contributed by atoms with Crippen LogP contribution in [0.15, 0.2) is 97.1 Å². The molecule has 0 saturated carbocycles. The molecular formula is C28H21N3O5S. The Morgan fingerprint density at radius 2 is 1.51 bits per heavy atom. The molecule has 184 valence electrons. The minimum absolute atomic E-state index is 0.0244. The van der Waals surface area contributed by atoms with Gasteiger partial charge in [-0.15, -0.1) is 11.3 Å². The van der Waals surface area contributed by atoms with Crippen LogP contribution in [-0.4, -0.2) is 27.7 Å². The van der Waals surface area contributed by atoms with Gasteiger partial charge in [0.1, 0.15) is 12.0 Å². The first-order valence-electron chi connectivity index (χ1n) is 11.8. The van der Waals surface area contributed by atoms with E-state index in [-0.39, 0.29) is 24.0 Å². The van der Waals surface area contributed by atoms with Gasteiger partial charge >= 0.3 is 0 Å². The molecule has 2 saturated heterocycles. The average molecular weight is 512 g/mol. The quantitative estimate of drug-likeness (QED) is 0.196. The first-order valence-corrected chi connectivity index (χ1v) is 12.6. The lowest BCUT2D eigenvalue weighted by Gasteiger charge is -2.27. The molecule has 1 aromatic heterocycles. The second kappa shape index (κ2) is 9.27. The fourth-order valence-electron chi connectivity index (χ4n) is 4.90. The van der Waals surface area contributed by atoms with Crippen LogP contribution in [0.1, 0.15) is 16.5 Å². The number of thiophene rings is 1. The van der Waals surface area contributed by atoms with Crippen molar-refractivity contribution in [3.05, 3.63) is 118 Å². The zero-order chi connectivity index (χ0) is 25.5. The number of non-ortho nitro benzene ring substituents is 1. The molecule has 3 heterocycles. The Labute approximate surface area is 216 Å². The minimum Gasteiger partial charge on any atom is -0.275 e. The van der Waals surface area contributed by atoms with Crippen LogP contribution in [-0.2, 0) is 21.0 Å². The number of nitrogens with zero attached hydrogens (tertiary/aromatic N) is 3. The maximum absolute atomic E-state index is 13.7. The summed E-state index contributed by atoms with van der Waals surface area (Å²) in [6.45, 7) is 0.200. The number of carbonyl (C=O) groups is 2. The molecule has 9 heteroatoms. The van der Waals surface area contributed by atoms with Crippen LogP contribution in [0.3, 0.4) is 0 Å². The molecule has 0 N–H and O–H groups in total. The zero-order valence-corrected chi connectivity index (χ0v) is 20.3. The molecule has 0 radical (unpaired) electrons. The summed E-state index contributed by atoms with van der Waals surface area (Å²) in [4.78, 5) is 46.9. The van der Waals surface area contributed by atoms with E-state index in [2.05, 4.69) is 0 Å². The predicted octanol–water partition coefficient (Wildman–Crippen LogP) is 5.37. The van der Waals surface area contributed by atoms with E-state index in [1.54, 1.807) is 17.2 Å². The van der Waals surface area contributed by atoms with Crippen LogP contribution in [0.4, 0.5) is 11.4 Å². The first kappa shape index (κ1) is 23.1. The highest BCUT2D eigenvalue weighted by Crippen LogP contribution is 2.49. The van der Waals surface area contributed by atoms with E-state index in [9.17, 15) is 19.7 Å². The second-order valence-corrected chi connectivity index (χ2v) is 10.0. The van der Waals surface area contributed by atoms with Gasteiger partial charge in [-0.25, -0.2) is 5.06 Å². The van der Waals surface area contributed by atoms with Gasteiger partial charge in [0.15, 0.2) is 6.10 Å². The first-order chi connectivity index (χ1) is 18.0. The largest absolute Gasteiger partial charge is 0.275 e. The lowest BCUT2D eigenvalue weighted by Crippen LogP contribution is -2.36. The van der Waals surface area contributed by atoms with Crippen LogP contribution in [0, 0.1) is 16.0 Å². The lowest BCUT2D eigenvalue weighted by molar-refractivity contribution is -0.384. The number of nitro groups is 1. The molecule has 2 aliphatic rings. The molecular weight excluding hydrogens is 490 g/mol. The van der Waals surface area contributed by atoms with Crippen molar-refractivity contribution in [3.63, 3.8) is 0 Å². The number of para-hydroxylation sites is 1. The third-order valence-corrected chi connectivity index (χ3v) is 7.89. The van der Waals surface area contributed by atoms with Crippen LogP contribution >= 0.6 is 11.3 Å². The summed E-state index contributed by atoms with van der Waals surface area (Å²) in [5.41, 5.74) is 2.49. The van der Waals surface area contributed by atoms with Crippen molar-refractivity contribution >= 4 is 34.5 Å². The maximum atomic E-state index is 13.7. The number of likely N-dealkylation sites (tertiary alicyclic amines) is 1. The number of imide groups is 1. The van der Waals surface area contributed by atoms with Gasteiger partial charge in [-0.1, -0.05) is 48.5 Å².